The molecule has 0 radical (unpaired) electrons. The molecule has 0 aliphatic rings. The van der Waals surface area contributed by atoms with Crippen molar-refractivity contribution in [1.29, 1.82) is 0 Å². The standard InChI is InChI=1S/C22H21FN2O4S/c1-2-29-19-8-10-20(11-9-19)30(27,28)21(17-6-4-12-24-14-17)15-25-22(26)16-5-3-7-18(23)13-16/h3-14,21H,2,15H2,1H3,(H,25,26). The predicted molar refractivity (Wildman–Crippen MR) is 111 cm³/mol. The molecule has 30 heavy (non-hydrogen) atoms. The van der Waals surface area contributed by atoms with Gasteiger partial charge in [-0.25, -0.2) is 12.8 Å². The van der Waals surface area contributed by atoms with Gasteiger partial charge in [-0.1, -0.05) is 12.1 Å². The molecule has 1 N–H and O–H groups in total. The van der Waals surface area contributed by atoms with E-state index in [1.54, 1.807) is 24.3 Å². The van der Waals surface area contributed by atoms with Crippen LogP contribution in [-0.2, 0) is 9.84 Å². The Labute approximate surface area is 174 Å². The van der Waals surface area contributed by atoms with E-state index in [1.807, 2.05) is 6.92 Å². The van der Waals surface area contributed by atoms with E-state index in [4.69, 9.17) is 4.74 Å². The van der Waals surface area contributed by atoms with Crippen molar-refractivity contribution < 1.29 is 22.3 Å². The van der Waals surface area contributed by atoms with Crippen LogP contribution in [0.25, 0.3) is 0 Å². The van der Waals surface area contributed by atoms with Crippen LogP contribution in [0.3, 0.4) is 0 Å². The van der Waals surface area contributed by atoms with Crippen molar-refractivity contribution in [1.82, 2.24) is 10.3 Å². The van der Waals surface area contributed by atoms with Crippen LogP contribution in [0.2, 0.25) is 0 Å². The Bertz CT molecular complexity index is 1100. The van der Waals surface area contributed by atoms with Crippen molar-refractivity contribution in [3.8, 4) is 5.75 Å². The van der Waals surface area contributed by atoms with Crippen molar-refractivity contribution in [2.75, 3.05) is 13.2 Å². The fourth-order valence-electron chi connectivity index (χ4n) is 2.95. The van der Waals surface area contributed by atoms with Crippen LogP contribution >= 0.6 is 0 Å². The number of nitrogens with one attached hydrogen (secondary N) is 1. The number of hydrogen-bond donors (Lipinski definition) is 1. The van der Waals surface area contributed by atoms with Crippen molar-refractivity contribution in [2.24, 2.45) is 0 Å². The van der Waals surface area contributed by atoms with Gasteiger partial charge in [-0.2, -0.15) is 0 Å². The minimum atomic E-state index is -3.86. The second-order valence-electron chi connectivity index (χ2n) is 6.44. The third-order valence-corrected chi connectivity index (χ3v) is 6.55. The highest BCUT2D eigenvalue weighted by Crippen LogP contribution is 2.29. The maximum Gasteiger partial charge on any atom is 0.251 e. The fraction of sp³-hybridized carbons (Fsp3) is 0.182. The molecule has 2 aromatic carbocycles. The van der Waals surface area contributed by atoms with Crippen LogP contribution in [0.5, 0.6) is 5.75 Å². The summed E-state index contributed by atoms with van der Waals surface area (Å²) in [7, 11) is -3.86. The van der Waals surface area contributed by atoms with Crippen LogP contribution in [-0.4, -0.2) is 32.5 Å². The van der Waals surface area contributed by atoms with Gasteiger partial charge in [-0.3, -0.25) is 9.78 Å². The average molecular weight is 428 g/mol. The van der Waals surface area contributed by atoms with Gasteiger partial charge in [0.2, 0.25) is 0 Å². The molecule has 0 saturated carbocycles. The molecule has 3 aromatic rings. The molecule has 156 valence electrons. The molecule has 1 unspecified atom stereocenters. The Balaban J connectivity index is 1.88. The number of hydrogen-bond acceptors (Lipinski definition) is 5. The van der Waals surface area contributed by atoms with Gasteiger partial charge in [0.05, 0.1) is 11.5 Å². The van der Waals surface area contributed by atoms with Gasteiger partial charge in [0, 0.05) is 24.5 Å². The number of carbonyl (C=O) groups is 1. The van der Waals surface area contributed by atoms with Gasteiger partial charge < -0.3 is 10.1 Å². The van der Waals surface area contributed by atoms with Crippen LogP contribution in [0.4, 0.5) is 4.39 Å². The Morgan fingerprint density at radius 3 is 2.53 bits per heavy atom. The minimum Gasteiger partial charge on any atom is -0.494 e. The topological polar surface area (TPSA) is 85.4 Å². The van der Waals surface area contributed by atoms with Crippen molar-refractivity contribution in [3.05, 3.63) is 90.0 Å². The number of rotatable bonds is 8. The zero-order valence-electron chi connectivity index (χ0n) is 16.3. The van der Waals surface area contributed by atoms with Gasteiger partial charge >= 0.3 is 0 Å². The van der Waals surface area contributed by atoms with E-state index in [-0.39, 0.29) is 17.0 Å². The number of nitrogens with zero attached hydrogens (tertiary/aromatic N) is 1. The molecular weight excluding hydrogens is 407 g/mol. The Morgan fingerprint density at radius 1 is 1.13 bits per heavy atom. The van der Waals surface area contributed by atoms with Crippen molar-refractivity contribution >= 4 is 15.7 Å². The molecule has 1 atom stereocenters. The summed E-state index contributed by atoms with van der Waals surface area (Å²) < 4.78 is 45.4. The molecule has 0 aliphatic heterocycles. The number of ether oxygens (including phenoxy) is 1. The molecule has 0 saturated heterocycles. The number of amides is 1. The lowest BCUT2D eigenvalue weighted by atomic mass is 10.2. The maximum atomic E-state index is 13.4. The average Bonchev–Trinajstić information content (AvgIpc) is 2.75. The van der Waals surface area contributed by atoms with Crippen LogP contribution in [0.15, 0.2) is 78.0 Å². The maximum absolute atomic E-state index is 13.4. The molecule has 0 bridgehead atoms. The quantitative estimate of drug-likeness (QED) is 0.593. The smallest absolute Gasteiger partial charge is 0.251 e. The first kappa shape index (κ1) is 21.4. The summed E-state index contributed by atoms with van der Waals surface area (Å²) in [5, 5.41) is 1.53. The van der Waals surface area contributed by atoms with Crippen LogP contribution in [0.1, 0.15) is 28.1 Å². The molecular formula is C22H21FN2O4S. The third-order valence-electron chi connectivity index (χ3n) is 4.43. The highest BCUT2D eigenvalue weighted by Gasteiger charge is 2.30. The molecule has 1 aromatic heterocycles. The number of sulfone groups is 1. The summed E-state index contributed by atoms with van der Waals surface area (Å²) in [6, 6.07) is 14.6. The van der Waals surface area contributed by atoms with E-state index in [2.05, 4.69) is 10.3 Å². The SMILES string of the molecule is CCOc1ccc(S(=O)(=O)C(CNC(=O)c2cccc(F)c2)c2cccnc2)cc1. The Morgan fingerprint density at radius 2 is 1.90 bits per heavy atom. The highest BCUT2D eigenvalue weighted by molar-refractivity contribution is 7.91. The minimum absolute atomic E-state index is 0.0970. The van der Waals surface area contributed by atoms with E-state index in [9.17, 15) is 17.6 Å². The number of pyridine rings is 1. The first-order valence-corrected chi connectivity index (χ1v) is 10.9. The number of aromatic nitrogens is 1. The lowest BCUT2D eigenvalue weighted by Crippen LogP contribution is -2.32. The molecule has 0 aliphatic carbocycles. The first-order valence-electron chi connectivity index (χ1n) is 9.32. The fourth-order valence-corrected chi connectivity index (χ4v) is 4.59. The normalized spacial score (nSPS) is 12.2. The zero-order valence-corrected chi connectivity index (χ0v) is 17.1. The van der Waals surface area contributed by atoms with E-state index in [0.29, 0.717) is 17.9 Å². The summed E-state index contributed by atoms with van der Waals surface area (Å²) in [6.45, 7) is 2.11. The number of carbonyl (C=O) groups excluding carboxylic acids is 1. The van der Waals surface area contributed by atoms with Gasteiger partial charge in [0.25, 0.3) is 5.91 Å². The molecule has 0 fully saturated rings. The monoisotopic (exact) mass is 428 g/mol. The molecule has 8 heteroatoms. The molecule has 6 nitrogen and oxygen atoms in total. The van der Waals surface area contributed by atoms with Gasteiger partial charge in [0.15, 0.2) is 9.84 Å². The van der Waals surface area contributed by atoms with Gasteiger partial charge in [-0.15, -0.1) is 0 Å². The lowest BCUT2D eigenvalue weighted by molar-refractivity contribution is 0.0953. The van der Waals surface area contributed by atoms with Crippen LogP contribution in [0, 0.1) is 5.82 Å². The van der Waals surface area contributed by atoms with Gasteiger partial charge in [-0.05, 0) is 61.0 Å². The van der Waals surface area contributed by atoms with Gasteiger partial charge in [0.1, 0.15) is 16.8 Å². The largest absolute Gasteiger partial charge is 0.494 e. The zero-order chi connectivity index (χ0) is 21.6. The predicted octanol–water partition coefficient (Wildman–Crippen LogP) is 3.56. The summed E-state index contributed by atoms with van der Waals surface area (Å²) in [6.07, 6.45) is 2.99. The molecule has 0 spiro atoms. The first-order chi connectivity index (χ1) is 14.4. The van der Waals surface area contributed by atoms with Crippen molar-refractivity contribution in [2.45, 2.75) is 17.1 Å². The lowest BCUT2D eigenvalue weighted by Gasteiger charge is -2.19. The molecule has 1 heterocycles. The second-order valence-corrected chi connectivity index (χ2v) is 8.58. The van der Waals surface area contributed by atoms with E-state index in [1.165, 1.54) is 42.7 Å². The number of benzene rings is 2. The molecule has 3 rings (SSSR count). The Kier molecular flexibility index (Phi) is 6.79. The number of halogens is 1. The summed E-state index contributed by atoms with van der Waals surface area (Å²) in [4.78, 5) is 16.5. The Hall–Kier alpha value is -3.26. The summed E-state index contributed by atoms with van der Waals surface area (Å²) in [5.74, 6) is -0.549. The van der Waals surface area contributed by atoms with E-state index < -0.39 is 26.8 Å². The summed E-state index contributed by atoms with van der Waals surface area (Å²) in [5.41, 5.74) is 0.546. The molecule has 1 amide bonds. The van der Waals surface area contributed by atoms with E-state index >= 15 is 0 Å². The van der Waals surface area contributed by atoms with E-state index in [0.717, 1.165) is 6.07 Å². The third kappa shape index (κ3) is 5.01. The summed E-state index contributed by atoms with van der Waals surface area (Å²) >= 11 is 0. The van der Waals surface area contributed by atoms with Crippen molar-refractivity contribution in [3.63, 3.8) is 0 Å². The second kappa shape index (κ2) is 9.49. The highest BCUT2D eigenvalue weighted by atomic mass is 32.2. The van der Waals surface area contributed by atoms with Crippen LogP contribution < -0.4 is 10.1 Å².